The van der Waals surface area contributed by atoms with Crippen molar-refractivity contribution in [2.75, 3.05) is 35.0 Å². The van der Waals surface area contributed by atoms with Crippen LogP contribution >= 0.6 is 0 Å². The Morgan fingerprint density at radius 3 is 1.70 bits per heavy atom. The van der Waals surface area contributed by atoms with E-state index in [0.717, 1.165) is 12.8 Å². The summed E-state index contributed by atoms with van der Waals surface area (Å²) in [5.41, 5.74) is -0.533. The van der Waals surface area contributed by atoms with Gasteiger partial charge in [0.2, 0.25) is 0 Å². The van der Waals surface area contributed by atoms with Crippen molar-refractivity contribution in [1.29, 1.82) is 0 Å². The molecule has 25 heteroatoms. The molecule has 5 heterocycles. The molecule has 0 aromatic carbocycles. The van der Waals surface area contributed by atoms with E-state index >= 15 is 0 Å². The fourth-order valence-corrected chi connectivity index (χ4v) is 16.5. The summed E-state index contributed by atoms with van der Waals surface area (Å²) in [5.74, 6) is -1.06. The van der Waals surface area contributed by atoms with Gasteiger partial charge in [-0.3, -0.25) is 4.79 Å². The van der Waals surface area contributed by atoms with Crippen LogP contribution in [0, 0.1) is 28.6 Å². The first-order valence-electron chi connectivity index (χ1n) is 31.3. The van der Waals surface area contributed by atoms with E-state index in [9.17, 15) is 45.3 Å². The molecule has 5 aliphatic heterocycles. The summed E-state index contributed by atoms with van der Waals surface area (Å²) >= 11 is 0. The third kappa shape index (κ3) is 13.2. The van der Waals surface area contributed by atoms with Gasteiger partial charge in [-0.1, -0.05) is 31.6 Å². The minimum absolute atomic E-state index is 0.0233. The van der Waals surface area contributed by atoms with E-state index in [-0.39, 0.29) is 41.7 Å². The van der Waals surface area contributed by atoms with Gasteiger partial charge in [-0.15, -0.1) is 0 Å². The second kappa shape index (κ2) is 28.0. The predicted octanol–water partition coefficient (Wildman–Crippen LogP) is 2.39. The minimum atomic E-state index is -1.71. The molecule has 0 unspecified atom stereocenters. The van der Waals surface area contributed by atoms with E-state index in [1.165, 1.54) is 26.7 Å². The molecule has 0 aromatic heterocycles. The van der Waals surface area contributed by atoms with Gasteiger partial charge < -0.3 is 112 Å². The highest BCUT2D eigenvalue weighted by Crippen LogP contribution is 2.69. The summed E-state index contributed by atoms with van der Waals surface area (Å²) in [5, 5.41) is 77.4. The SMILES string of the molecule is C/C=C(\C)C(=O)O[C@@H]1C[C@H]2[C@@H](CC=C3C[C@@H](O[C@H]4C[C@H](OC)[C@@H](O[C@H]5C[C@H](OC)[C@@H](O[C@@H]6O[C@H](C)[C@@H](O[C@@H]7O[C@H](C)[C@@H](O[C@@H]8O[C@H](CO)[C@@H](O)[C@H](O)[C@H]8O)[C@@H](OC)[C@H]7O)[C@H](OC)[C@H]6O)[C@@H](C)O5)[C@@H](C)O4)CC[C@@]32C)[C@@]2(O)CC[C@H]([C@@H](C)OC(C)=O)[C@@]12C. The van der Waals surface area contributed by atoms with E-state index in [0.29, 0.717) is 44.1 Å². The number of carbonyl (C=O) groups is 2. The van der Waals surface area contributed by atoms with Crippen molar-refractivity contribution in [3.8, 4) is 0 Å². The van der Waals surface area contributed by atoms with Crippen molar-refractivity contribution in [3.05, 3.63) is 23.3 Å². The lowest BCUT2D eigenvalue weighted by atomic mass is 9.44. The van der Waals surface area contributed by atoms with Crippen molar-refractivity contribution in [2.24, 2.45) is 28.6 Å². The summed E-state index contributed by atoms with van der Waals surface area (Å²) in [6.07, 6.45) is -16.1. The number of allylic oxidation sites excluding steroid dienone is 2. The topological polar surface area (TPSA) is 323 Å². The number of methoxy groups -OCH3 is 4. The van der Waals surface area contributed by atoms with Crippen LogP contribution in [0.2, 0.25) is 0 Å². The molecule has 32 atom stereocenters. The Morgan fingerprint density at radius 1 is 0.644 bits per heavy atom. The molecule has 0 spiro atoms. The normalized spacial score (nSPS) is 49.8. The van der Waals surface area contributed by atoms with Gasteiger partial charge in [-0.05, 0) is 111 Å². The Balaban J connectivity index is 0.784. The van der Waals surface area contributed by atoms with Crippen LogP contribution in [0.3, 0.4) is 0 Å². The van der Waals surface area contributed by atoms with Crippen molar-refractivity contribution in [3.63, 3.8) is 0 Å². The van der Waals surface area contributed by atoms with Gasteiger partial charge in [-0.2, -0.15) is 0 Å². The molecule has 9 rings (SSSR count). The zero-order valence-electron chi connectivity index (χ0n) is 52.9. The van der Waals surface area contributed by atoms with Crippen LogP contribution in [0.25, 0.3) is 0 Å². The van der Waals surface area contributed by atoms with Crippen LogP contribution in [0.1, 0.15) is 127 Å². The van der Waals surface area contributed by atoms with E-state index < -0.39 is 177 Å². The molecular weight excluding hydrogens is 1140 g/mol. The summed E-state index contributed by atoms with van der Waals surface area (Å²) in [7, 11) is 5.91. The molecule has 3 saturated carbocycles. The summed E-state index contributed by atoms with van der Waals surface area (Å²) in [6, 6.07) is 0. The number of esters is 2. The van der Waals surface area contributed by atoms with Crippen LogP contribution in [-0.2, 0) is 85.4 Å². The second-order valence-electron chi connectivity index (χ2n) is 26.3. The molecular formula is C62H100O25. The molecule has 498 valence electrons. The fourth-order valence-electron chi connectivity index (χ4n) is 16.5. The number of fused-ring (bicyclic) bond motifs is 5. The van der Waals surface area contributed by atoms with Gasteiger partial charge in [0.25, 0.3) is 0 Å². The zero-order chi connectivity index (χ0) is 63.4. The van der Waals surface area contributed by atoms with Crippen molar-refractivity contribution in [2.45, 2.75) is 292 Å². The molecule has 9 aliphatic rings. The average molecular weight is 1250 g/mol. The molecule has 25 nitrogen and oxygen atoms in total. The van der Waals surface area contributed by atoms with Crippen molar-refractivity contribution in [1.82, 2.24) is 0 Å². The van der Waals surface area contributed by atoms with Crippen molar-refractivity contribution < 1.29 is 121 Å². The summed E-state index contributed by atoms with van der Waals surface area (Å²) in [6.45, 7) is 17.5. The van der Waals surface area contributed by atoms with Gasteiger partial charge in [-0.25, -0.2) is 4.79 Å². The first-order valence-corrected chi connectivity index (χ1v) is 31.3. The first kappa shape index (κ1) is 68.9. The number of carbonyl (C=O) groups excluding carboxylic acids is 2. The van der Waals surface area contributed by atoms with Crippen LogP contribution in [0.5, 0.6) is 0 Å². The molecule has 8 fully saturated rings. The van der Waals surface area contributed by atoms with Gasteiger partial charge >= 0.3 is 11.9 Å². The van der Waals surface area contributed by atoms with Gasteiger partial charge in [0.05, 0.1) is 54.9 Å². The monoisotopic (exact) mass is 1240 g/mol. The maximum absolute atomic E-state index is 13.6. The lowest BCUT2D eigenvalue weighted by Crippen LogP contribution is -2.67. The van der Waals surface area contributed by atoms with Gasteiger partial charge in [0, 0.05) is 65.1 Å². The quantitative estimate of drug-likeness (QED) is 0.0555. The summed E-state index contributed by atoms with van der Waals surface area (Å²) < 4.78 is 99.1. The van der Waals surface area contributed by atoms with E-state index in [1.807, 2.05) is 27.7 Å². The number of hydrogen-bond acceptors (Lipinski definition) is 25. The Hall–Kier alpha value is -2.42. The second-order valence-corrected chi connectivity index (χ2v) is 26.3. The fraction of sp³-hybridized carbons (Fsp3) is 0.903. The number of aliphatic hydroxyl groups excluding tert-OH is 6. The molecule has 87 heavy (non-hydrogen) atoms. The van der Waals surface area contributed by atoms with E-state index in [1.54, 1.807) is 48.0 Å². The maximum Gasteiger partial charge on any atom is 0.333 e. The molecule has 7 N–H and O–H groups in total. The Labute approximate surface area is 510 Å². The molecule has 0 amide bonds. The number of ether oxygens (including phenoxy) is 16. The average Bonchev–Trinajstić information content (AvgIpc) is 1.65. The Bertz CT molecular complexity index is 2380. The van der Waals surface area contributed by atoms with Crippen LogP contribution in [0.4, 0.5) is 0 Å². The van der Waals surface area contributed by atoms with E-state index in [4.69, 9.17) is 75.8 Å². The number of hydrogen-bond donors (Lipinski definition) is 7. The Morgan fingerprint density at radius 2 is 1.17 bits per heavy atom. The van der Waals surface area contributed by atoms with Crippen LogP contribution in [0.15, 0.2) is 23.3 Å². The number of rotatable bonds is 19. The lowest BCUT2D eigenvalue weighted by Gasteiger charge is -2.63. The third-order valence-electron chi connectivity index (χ3n) is 21.6. The standard InChI is InChI=1S/C62H100O25/c1-15-27(2)56(70)83-42-23-38-37(62(71)21-19-36(61(42,62)10)28(3)76-33(8)64)17-16-34-22-35(18-20-60(34,38)9)81-43-24-39(72-11)50(29(4)77-43)84-44-25-40(73-12)51(30(5)78-44)85-58-48(68)54(74-13)53(32(7)79-58)87-59-49(69)55(75-14)52(31(6)80-59)86-57-47(67)46(66)45(65)41(26-63)82-57/h15-16,28-32,35-55,57-59,63,65-69,71H,17-26H2,1-14H3/b27-15+/t28-,29-,30-,31-,32-,35+,36-,37-,38+,39+,40+,41-,42-,43+,44+,45-,46+,47-,48-,49-,50+,51+,52-,53-,54-,55+,57+,58+,59+,60+,61+,62+/m1/s1. The lowest BCUT2D eigenvalue weighted by molar-refractivity contribution is -0.383. The van der Waals surface area contributed by atoms with Crippen molar-refractivity contribution >= 4 is 11.9 Å². The zero-order valence-corrected chi connectivity index (χ0v) is 52.9. The van der Waals surface area contributed by atoms with Gasteiger partial charge in [0.15, 0.2) is 31.5 Å². The van der Waals surface area contributed by atoms with Crippen LogP contribution < -0.4 is 0 Å². The maximum atomic E-state index is 13.6. The molecule has 0 aromatic rings. The minimum Gasteiger partial charge on any atom is -0.463 e. The molecule has 5 saturated heterocycles. The highest BCUT2D eigenvalue weighted by molar-refractivity contribution is 5.87. The molecule has 0 radical (unpaired) electrons. The van der Waals surface area contributed by atoms with Crippen LogP contribution in [-0.4, -0.2) is 248 Å². The smallest absolute Gasteiger partial charge is 0.333 e. The highest BCUT2D eigenvalue weighted by Gasteiger charge is 2.72. The molecule has 0 bridgehead atoms. The third-order valence-corrected chi connectivity index (χ3v) is 21.6. The first-order chi connectivity index (χ1) is 41.2. The Kier molecular flexibility index (Phi) is 22.2. The van der Waals surface area contributed by atoms with Gasteiger partial charge in [0.1, 0.15) is 85.5 Å². The largest absolute Gasteiger partial charge is 0.463 e. The summed E-state index contributed by atoms with van der Waals surface area (Å²) in [4.78, 5) is 25.8. The predicted molar refractivity (Wildman–Crippen MR) is 302 cm³/mol. The van der Waals surface area contributed by atoms with E-state index in [2.05, 4.69) is 13.0 Å². The molecule has 4 aliphatic carbocycles. The highest BCUT2D eigenvalue weighted by atomic mass is 16.8. The number of aliphatic hydroxyl groups is 7.